The van der Waals surface area contributed by atoms with Crippen molar-refractivity contribution in [3.05, 3.63) is 51.5 Å². The molecule has 1 aromatic carbocycles. The van der Waals surface area contributed by atoms with Crippen LogP contribution in [-0.2, 0) is 13.0 Å². The molecule has 3 rings (SSSR count). The fraction of sp³-hybridized carbons (Fsp3) is 0.333. The number of aromatic nitrogens is 1. The van der Waals surface area contributed by atoms with E-state index in [-0.39, 0.29) is 12.5 Å². The Labute approximate surface area is 121 Å². The highest BCUT2D eigenvalue weighted by atomic mass is 16.5. The predicted molar refractivity (Wildman–Crippen MR) is 78.2 cm³/mol. The Morgan fingerprint density at radius 2 is 2.24 bits per heavy atom. The molecule has 2 N–H and O–H groups in total. The van der Waals surface area contributed by atoms with Gasteiger partial charge in [0.15, 0.2) is 0 Å². The van der Waals surface area contributed by atoms with Gasteiger partial charge in [-0.15, -0.1) is 4.74 Å². The van der Waals surface area contributed by atoms with Crippen molar-refractivity contribution in [3.63, 3.8) is 0 Å². The van der Waals surface area contributed by atoms with E-state index in [4.69, 9.17) is 10.3 Å². The first-order chi connectivity index (χ1) is 10.0. The van der Waals surface area contributed by atoms with Crippen molar-refractivity contribution >= 4 is 11.6 Å². The van der Waals surface area contributed by atoms with Crippen LogP contribution in [0.3, 0.4) is 0 Å². The maximum absolute atomic E-state index is 12.1. The molecule has 110 valence electrons. The highest BCUT2D eigenvalue weighted by Crippen LogP contribution is 2.23. The van der Waals surface area contributed by atoms with E-state index in [9.17, 15) is 9.59 Å². The third-order valence-corrected chi connectivity index (χ3v) is 3.73. The number of hydrogen-bond acceptors (Lipinski definition) is 5. The van der Waals surface area contributed by atoms with Crippen LogP contribution in [0.1, 0.15) is 21.7 Å². The first-order valence-corrected chi connectivity index (χ1v) is 6.86. The number of nitrogens with two attached hydrogens (primary N) is 1. The summed E-state index contributed by atoms with van der Waals surface area (Å²) in [5, 5.41) is 0. The average Bonchev–Trinajstić information content (AvgIpc) is 2.78. The van der Waals surface area contributed by atoms with E-state index < -0.39 is 5.56 Å². The summed E-state index contributed by atoms with van der Waals surface area (Å²) < 4.78 is 5.94. The van der Waals surface area contributed by atoms with Gasteiger partial charge in [0.05, 0.1) is 6.54 Å². The van der Waals surface area contributed by atoms with Crippen LogP contribution in [0.25, 0.3) is 0 Å². The van der Waals surface area contributed by atoms with Crippen LogP contribution in [-0.4, -0.2) is 28.6 Å². The highest BCUT2D eigenvalue weighted by molar-refractivity contribution is 5.79. The summed E-state index contributed by atoms with van der Waals surface area (Å²) in [6.45, 7) is 3.19. The minimum Gasteiger partial charge on any atom is -0.398 e. The van der Waals surface area contributed by atoms with Crippen molar-refractivity contribution in [1.29, 1.82) is 0 Å². The molecular weight excluding hydrogens is 270 g/mol. The van der Waals surface area contributed by atoms with Crippen molar-refractivity contribution in [1.82, 2.24) is 9.64 Å². The molecule has 0 atom stereocenters. The van der Waals surface area contributed by atoms with Gasteiger partial charge < -0.3 is 10.3 Å². The molecule has 0 bridgehead atoms. The fourth-order valence-corrected chi connectivity index (χ4v) is 2.71. The number of rotatable bonds is 2. The Kier molecular flexibility index (Phi) is 3.39. The molecule has 0 spiro atoms. The van der Waals surface area contributed by atoms with Gasteiger partial charge in [-0.1, -0.05) is 12.1 Å². The average molecular weight is 287 g/mol. The zero-order chi connectivity index (χ0) is 15.0. The van der Waals surface area contributed by atoms with Crippen molar-refractivity contribution in [2.45, 2.75) is 19.9 Å². The van der Waals surface area contributed by atoms with Gasteiger partial charge in [-0.3, -0.25) is 14.5 Å². The van der Waals surface area contributed by atoms with Gasteiger partial charge in [-0.25, -0.2) is 0 Å². The Bertz CT molecular complexity index is 745. The molecule has 1 aromatic heterocycles. The number of aryl methyl sites for hydroxylation is 1. The molecule has 1 aliphatic rings. The normalized spacial score (nSPS) is 14.9. The van der Waals surface area contributed by atoms with E-state index in [1.165, 1.54) is 6.07 Å². The number of carbonyl (C=O) groups excluding carboxylic acids is 1. The minimum atomic E-state index is -0.417. The van der Waals surface area contributed by atoms with Gasteiger partial charge in [0.25, 0.3) is 11.5 Å². The molecule has 6 nitrogen and oxygen atoms in total. The van der Waals surface area contributed by atoms with Gasteiger partial charge in [0.2, 0.25) is 0 Å². The molecule has 0 saturated carbocycles. The summed E-state index contributed by atoms with van der Waals surface area (Å²) >= 11 is 0. The van der Waals surface area contributed by atoms with Crippen LogP contribution in [0.5, 0.6) is 0 Å². The smallest absolute Gasteiger partial charge is 0.290 e. The lowest BCUT2D eigenvalue weighted by Gasteiger charge is -2.28. The van der Waals surface area contributed by atoms with Crippen LogP contribution in [0.4, 0.5) is 5.69 Å². The molecule has 21 heavy (non-hydrogen) atoms. The fourth-order valence-electron chi connectivity index (χ4n) is 2.71. The number of nitrogens with zero attached hydrogens (tertiary/aromatic N) is 2. The first-order valence-electron chi connectivity index (χ1n) is 6.86. The standard InChI is InChI=1S/C15H17N3O3/c1-10-7-14(19)18(21-10)15(20)9-17-6-5-12-11(8-17)3-2-4-13(12)16/h2-4,7H,5-6,8-9,16H2,1H3. The minimum absolute atomic E-state index is 0.154. The molecular formula is C15H17N3O3. The number of anilines is 1. The van der Waals surface area contributed by atoms with E-state index in [1.807, 2.05) is 23.1 Å². The monoisotopic (exact) mass is 287 g/mol. The third kappa shape index (κ3) is 2.62. The van der Waals surface area contributed by atoms with Gasteiger partial charge in [-0.2, -0.15) is 0 Å². The zero-order valence-corrected chi connectivity index (χ0v) is 11.8. The number of fused-ring (bicyclic) bond motifs is 1. The van der Waals surface area contributed by atoms with Crippen LogP contribution < -0.4 is 11.3 Å². The molecule has 0 saturated heterocycles. The Hall–Kier alpha value is -2.34. The second-order valence-electron chi connectivity index (χ2n) is 5.32. The Morgan fingerprint density at radius 3 is 2.95 bits per heavy atom. The SMILES string of the molecule is Cc1cc(=O)n(C(=O)CN2CCc3c(N)cccc3C2)o1. The van der Waals surface area contributed by atoms with E-state index in [0.29, 0.717) is 12.3 Å². The van der Waals surface area contributed by atoms with Crippen molar-refractivity contribution in [3.8, 4) is 0 Å². The molecule has 0 unspecified atom stereocenters. The number of carbonyl (C=O) groups is 1. The maximum Gasteiger partial charge on any atom is 0.290 e. The number of benzene rings is 1. The van der Waals surface area contributed by atoms with Crippen molar-refractivity contribution in [2.75, 3.05) is 18.8 Å². The maximum atomic E-state index is 12.1. The molecule has 0 radical (unpaired) electrons. The van der Waals surface area contributed by atoms with E-state index in [2.05, 4.69) is 0 Å². The first kappa shape index (κ1) is 13.6. The van der Waals surface area contributed by atoms with E-state index in [1.54, 1.807) is 6.92 Å². The number of hydrogen-bond donors (Lipinski definition) is 1. The molecule has 6 heteroatoms. The van der Waals surface area contributed by atoms with Crippen LogP contribution >= 0.6 is 0 Å². The summed E-state index contributed by atoms with van der Waals surface area (Å²) in [4.78, 5) is 25.7. The van der Waals surface area contributed by atoms with Gasteiger partial charge >= 0.3 is 0 Å². The molecule has 0 amide bonds. The van der Waals surface area contributed by atoms with E-state index >= 15 is 0 Å². The largest absolute Gasteiger partial charge is 0.398 e. The van der Waals surface area contributed by atoms with E-state index in [0.717, 1.165) is 34.5 Å². The summed E-state index contributed by atoms with van der Waals surface area (Å²) in [6.07, 6.45) is 0.807. The van der Waals surface area contributed by atoms with Crippen LogP contribution in [0.15, 0.2) is 33.6 Å². The lowest BCUT2D eigenvalue weighted by Crippen LogP contribution is -2.38. The molecule has 1 aliphatic heterocycles. The Balaban J connectivity index is 1.74. The van der Waals surface area contributed by atoms with Crippen LogP contribution in [0, 0.1) is 6.92 Å². The number of nitrogen functional groups attached to an aromatic ring is 1. The highest BCUT2D eigenvalue weighted by Gasteiger charge is 2.21. The molecule has 2 aromatic rings. The molecule has 0 aliphatic carbocycles. The lowest BCUT2D eigenvalue weighted by atomic mass is 9.98. The second kappa shape index (κ2) is 5.21. The quantitative estimate of drug-likeness (QED) is 0.834. The van der Waals surface area contributed by atoms with Gasteiger partial charge in [0, 0.05) is 24.8 Å². The van der Waals surface area contributed by atoms with Crippen LogP contribution in [0.2, 0.25) is 0 Å². The summed E-state index contributed by atoms with van der Waals surface area (Å²) in [6, 6.07) is 7.14. The lowest BCUT2D eigenvalue weighted by molar-refractivity contribution is 0.0705. The molecule has 2 heterocycles. The predicted octanol–water partition coefficient (Wildman–Crippen LogP) is 1.03. The summed E-state index contributed by atoms with van der Waals surface area (Å²) in [7, 11) is 0. The summed E-state index contributed by atoms with van der Waals surface area (Å²) in [5.41, 5.74) is 8.64. The molecule has 0 fully saturated rings. The topological polar surface area (TPSA) is 81.5 Å². The Morgan fingerprint density at radius 1 is 1.43 bits per heavy atom. The van der Waals surface area contributed by atoms with Crippen molar-refractivity contribution in [2.24, 2.45) is 0 Å². The van der Waals surface area contributed by atoms with Gasteiger partial charge in [-0.05, 0) is 30.5 Å². The van der Waals surface area contributed by atoms with Crippen molar-refractivity contribution < 1.29 is 9.32 Å². The second-order valence-corrected chi connectivity index (χ2v) is 5.32. The zero-order valence-electron chi connectivity index (χ0n) is 11.8. The summed E-state index contributed by atoms with van der Waals surface area (Å²) in [5.74, 6) is 0.0885. The third-order valence-electron chi connectivity index (χ3n) is 3.73. The van der Waals surface area contributed by atoms with Gasteiger partial charge in [0.1, 0.15) is 5.76 Å².